The Kier molecular flexibility index (Phi) is 4.26. The number of hydrogen-bond donors (Lipinski definition) is 1. The Morgan fingerprint density at radius 1 is 1.45 bits per heavy atom. The van der Waals surface area contributed by atoms with Crippen LogP contribution in [0.2, 0.25) is 0 Å². The molecule has 0 aromatic heterocycles. The zero-order valence-corrected chi connectivity index (χ0v) is 13.0. The van der Waals surface area contributed by atoms with E-state index in [9.17, 15) is 0 Å². The zero-order chi connectivity index (χ0) is 15.5. The van der Waals surface area contributed by atoms with Crippen LogP contribution in [-0.2, 0) is 4.74 Å². The van der Waals surface area contributed by atoms with Crippen LogP contribution >= 0.6 is 0 Å². The first-order chi connectivity index (χ1) is 10.7. The number of hydrogen-bond acceptors (Lipinski definition) is 3. The Labute approximate surface area is 131 Å². The summed E-state index contributed by atoms with van der Waals surface area (Å²) in [5.74, 6) is 1.51. The zero-order valence-electron chi connectivity index (χ0n) is 13.0. The average Bonchev–Trinajstić information content (AvgIpc) is 2.49. The highest BCUT2D eigenvalue weighted by atomic mass is 16.5. The lowest BCUT2D eigenvalue weighted by Crippen LogP contribution is -2.62. The monoisotopic (exact) mass is 296 g/mol. The van der Waals surface area contributed by atoms with Crippen LogP contribution in [0.5, 0.6) is 0 Å². The van der Waals surface area contributed by atoms with Crippen molar-refractivity contribution in [2.24, 2.45) is 16.8 Å². The minimum Gasteiger partial charge on any atom is -0.441 e. The Morgan fingerprint density at radius 2 is 2.32 bits per heavy atom. The molecule has 0 radical (unpaired) electrons. The largest absolute Gasteiger partial charge is 0.441 e. The first-order valence-corrected chi connectivity index (χ1v) is 7.97. The third kappa shape index (κ3) is 2.90. The van der Waals surface area contributed by atoms with Crippen molar-refractivity contribution in [3.63, 3.8) is 0 Å². The van der Waals surface area contributed by atoms with Crippen LogP contribution in [0.3, 0.4) is 0 Å². The molecule has 22 heavy (non-hydrogen) atoms. The van der Waals surface area contributed by atoms with Crippen molar-refractivity contribution in [2.75, 3.05) is 6.54 Å². The number of nitriles is 1. The van der Waals surface area contributed by atoms with E-state index >= 15 is 0 Å². The molecule has 1 heterocycles. The van der Waals surface area contributed by atoms with Gasteiger partial charge in [0.25, 0.3) is 0 Å². The van der Waals surface area contributed by atoms with Gasteiger partial charge in [-0.1, -0.05) is 25.2 Å². The fourth-order valence-electron chi connectivity index (χ4n) is 3.06. The predicted molar refractivity (Wildman–Crippen MR) is 85.6 cm³/mol. The summed E-state index contributed by atoms with van der Waals surface area (Å²) in [4.78, 5) is 4.47. The van der Waals surface area contributed by atoms with Crippen LogP contribution < -0.4 is 5.73 Å². The molecule has 3 aliphatic rings. The van der Waals surface area contributed by atoms with Crippen LogP contribution in [0, 0.1) is 23.2 Å². The summed E-state index contributed by atoms with van der Waals surface area (Å²) in [5.41, 5.74) is 7.10. The number of allylic oxidation sites excluding steroid dienone is 7. The summed E-state index contributed by atoms with van der Waals surface area (Å²) in [7, 11) is 0. The second-order valence-electron chi connectivity index (χ2n) is 6.01. The van der Waals surface area contributed by atoms with Gasteiger partial charge >= 0.3 is 0 Å². The van der Waals surface area contributed by atoms with Crippen molar-refractivity contribution in [1.82, 2.24) is 0 Å². The summed E-state index contributed by atoms with van der Waals surface area (Å²) >= 11 is 0. The van der Waals surface area contributed by atoms with Crippen molar-refractivity contribution in [1.29, 1.82) is 5.26 Å². The third-order valence-electron chi connectivity index (χ3n) is 4.28. The van der Waals surface area contributed by atoms with Gasteiger partial charge < -0.3 is 10.5 Å². The molecular formula is C18H22N3O+. The lowest BCUT2D eigenvalue weighted by Gasteiger charge is -2.32. The van der Waals surface area contributed by atoms with Crippen LogP contribution in [-0.4, -0.2) is 18.5 Å². The molecule has 0 aromatic rings. The van der Waals surface area contributed by atoms with Gasteiger partial charge in [0, 0.05) is 23.8 Å². The van der Waals surface area contributed by atoms with E-state index in [0.29, 0.717) is 5.92 Å². The summed E-state index contributed by atoms with van der Waals surface area (Å²) in [6, 6.07) is 2.23. The molecule has 0 saturated heterocycles. The maximum absolute atomic E-state index is 9.09. The highest BCUT2D eigenvalue weighted by molar-refractivity contribution is 6.06. The molecule has 114 valence electrons. The molecule has 4 heteroatoms. The summed E-state index contributed by atoms with van der Waals surface area (Å²) in [5, 5.41) is 9.09. The second-order valence-corrected chi connectivity index (χ2v) is 6.01. The number of quaternary nitrogens is 1. The van der Waals surface area contributed by atoms with Gasteiger partial charge in [0.15, 0.2) is 0 Å². The minimum absolute atomic E-state index is 0.0315. The summed E-state index contributed by atoms with van der Waals surface area (Å²) in [6.07, 6.45) is 13.3. The Bertz CT molecular complexity index is 646. The highest BCUT2D eigenvalue weighted by Gasteiger charge is 2.32. The highest BCUT2D eigenvalue weighted by Crippen LogP contribution is 2.34. The lowest BCUT2D eigenvalue weighted by molar-refractivity contribution is -0.484. The van der Waals surface area contributed by atoms with E-state index < -0.39 is 0 Å². The van der Waals surface area contributed by atoms with Crippen molar-refractivity contribution >= 4 is 5.71 Å². The summed E-state index contributed by atoms with van der Waals surface area (Å²) in [6.45, 7) is 2.97. The van der Waals surface area contributed by atoms with Gasteiger partial charge in [-0.15, -0.1) is 0 Å². The molecule has 0 fully saturated rings. The molecule has 0 bridgehead atoms. The normalized spacial score (nSPS) is 27.3. The SMILES string of the molecule is CCCC([NH3+])OC1=CC(C2C=C(C#N)C=CC2)=CC2CN=C12. The second kappa shape index (κ2) is 6.33. The van der Waals surface area contributed by atoms with Crippen molar-refractivity contribution in [2.45, 2.75) is 32.4 Å². The lowest BCUT2D eigenvalue weighted by atomic mass is 9.81. The van der Waals surface area contributed by atoms with Gasteiger partial charge in [-0.2, -0.15) is 5.26 Å². The van der Waals surface area contributed by atoms with E-state index in [1.54, 1.807) is 0 Å². The van der Waals surface area contributed by atoms with Crippen LogP contribution in [0.25, 0.3) is 0 Å². The molecular weight excluding hydrogens is 274 g/mol. The fraction of sp³-hybridized carbons (Fsp3) is 0.444. The van der Waals surface area contributed by atoms with Crippen LogP contribution in [0.15, 0.2) is 52.3 Å². The van der Waals surface area contributed by atoms with E-state index in [0.717, 1.165) is 42.9 Å². The van der Waals surface area contributed by atoms with Gasteiger partial charge in [0.1, 0.15) is 5.76 Å². The first kappa shape index (κ1) is 14.8. The molecule has 0 aromatic carbocycles. The van der Waals surface area contributed by atoms with E-state index in [1.165, 1.54) is 5.57 Å². The minimum atomic E-state index is -0.0315. The van der Waals surface area contributed by atoms with Crippen molar-refractivity contribution < 1.29 is 10.5 Å². The summed E-state index contributed by atoms with van der Waals surface area (Å²) < 4.78 is 6.01. The first-order valence-electron chi connectivity index (χ1n) is 7.97. The molecule has 0 saturated carbocycles. The maximum Gasteiger partial charge on any atom is 0.229 e. The van der Waals surface area contributed by atoms with Gasteiger partial charge in [-0.05, 0) is 30.6 Å². The average molecular weight is 296 g/mol. The third-order valence-corrected chi connectivity index (χ3v) is 4.28. The predicted octanol–water partition coefficient (Wildman–Crippen LogP) is 2.29. The van der Waals surface area contributed by atoms with Crippen molar-refractivity contribution in [3.05, 3.63) is 47.3 Å². The Morgan fingerprint density at radius 3 is 3.00 bits per heavy atom. The molecule has 3 N–H and O–H groups in total. The van der Waals surface area contributed by atoms with Crippen LogP contribution in [0.1, 0.15) is 26.2 Å². The van der Waals surface area contributed by atoms with Gasteiger partial charge in [0.2, 0.25) is 6.23 Å². The van der Waals surface area contributed by atoms with E-state index in [2.05, 4.69) is 48.0 Å². The van der Waals surface area contributed by atoms with Gasteiger partial charge in [0.05, 0.1) is 18.3 Å². The standard InChI is InChI=1S/C18H21N3O/c1-2-4-17(20)22-16-9-14(8-15-11-21-18(15)16)13-6-3-5-12(7-13)10-19/h3,5,7-9,13,15,17H,2,4,6,11,20H2,1H3/p+1. The smallest absolute Gasteiger partial charge is 0.229 e. The van der Waals surface area contributed by atoms with Gasteiger partial charge in [-0.25, -0.2) is 0 Å². The van der Waals surface area contributed by atoms with Gasteiger partial charge in [-0.3, -0.25) is 4.99 Å². The fourth-order valence-corrected chi connectivity index (χ4v) is 3.06. The Balaban J connectivity index is 1.81. The maximum atomic E-state index is 9.09. The Hall–Kier alpha value is -2.12. The van der Waals surface area contributed by atoms with E-state index in [-0.39, 0.29) is 12.1 Å². The quantitative estimate of drug-likeness (QED) is 0.791. The molecule has 1 aliphatic heterocycles. The van der Waals surface area contributed by atoms with E-state index in [1.807, 2.05) is 6.08 Å². The van der Waals surface area contributed by atoms with Crippen molar-refractivity contribution in [3.8, 4) is 6.07 Å². The number of nitrogens with zero attached hydrogens (tertiary/aromatic N) is 2. The molecule has 0 spiro atoms. The number of ether oxygens (including phenoxy) is 1. The molecule has 4 nitrogen and oxygen atoms in total. The number of aliphatic imine (C=N–C) groups is 1. The molecule has 3 rings (SSSR count). The topological polar surface area (TPSA) is 73.0 Å². The number of rotatable bonds is 5. The molecule has 2 aliphatic carbocycles. The van der Waals surface area contributed by atoms with Crippen LogP contribution in [0.4, 0.5) is 0 Å². The molecule has 0 amide bonds. The molecule has 3 unspecified atom stereocenters. The number of fused-ring (bicyclic) bond motifs is 1. The van der Waals surface area contributed by atoms with E-state index in [4.69, 9.17) is 10.00 Å². The molecule has 3 atom stereocenters.